The molecule has 0 saturated carbocycles. The normalized spacial score (nSPS) is 11.7. The summed E-state index contributed by atoms with van der Waals surface area (Å²) < 4.78 is 18.8. The van der Waals surface area contributed by atoms with Crippen LogP contribution in [0.1, 0.15) is 24.2 Å². The van der Waals surface area contributed by atoms with Crippen molar-refractivity contribution in [1.29, 1.82) is 5.26 Å². The van der Waals surface area contributed by atoms with Crippen LogP contribution in [-0.4, -0.2) is 10.1 Å². The van der Waals surface area contributed by atoms with Gasteiger partial charge in [0.1, 0.15) is 23.2 Å². The third-order valence-corrected chi connectivity index (χ3v) is 2.54. The summed E-state index contributed by atoms with van der Waals surface area (Å²) in [5, 5.41) is 18.4. The number of hydrogen-bond donors (Lipinski definition) is 1. The van der Waals surface area contributed by atoms with Gasteiger partial charge in [0.05, 0.1) is 6.10 Å². The smallest absolute Gasteiger partial charge is 0.219 e. The zero-order chi connectivity index (χ0) is 13.8. The van der Waals surface area contributed by atoms with Crippen LogP contribution in [0.5, 0.6) is 11.6 Å². The molecule has 0 aliphatic rings. The number of hydrogen-bond acceptors (Lipinski definition) is 4. The van der Waals surface area contributed by atoms with Crippen molar-refractivity contribution in [2.45, 2.75) is 13.0 Å². The molecule has 1 aromatic heterocycles. The Morgan fingerprint density at radius 2 is 2.21 bits per heavy atom. The molecule has 0 bridgehead atoms. The lowest BCUT2D eigenvalue weighted by molar-refractivity contribution is 0.198. The minimum absolute atomic E-state index is 0.0951. The molecule has 2 aromatic rings. The lowest BCUT2D eigenvalue weighted by Gasteiger charge is -2.09. The summed E-state index contributed by atoms with van der Waals surface area (Å²) in [6, 6.07) is 9.05. The summed E-state index contributed by atoms with van der Waals surface area (Å²) in [5.41, 5.74) is 0.451. The predicted molar refractivity (Wildman–Crippen MR) is 66.1 cm³/mol. The Kier molecular flexibility index (Phi) is 3.74. The van der Waals surface area contributed by atoms with Crippen LogP contribution in [0, 0.1) is 17.1 Å². The number of halogens is 1. The molecule has 1 atom stereocenters. The highest BCUT2D eigenvalue weighted by molar-refractivity contribution is 5.45. The number of aliphatic hydroxyl groups is 1. The van der Waals surface area contributed by atoms with Gasteiger partial charge in [-0.2, -0.15) is 5.26 Å². The van der Waals surface area contributed by atoms with E-state index in [1.807, 2.05) is 0 Å². The molecule has 0 aliphatic carbocycles. The lowest BCUT2D eigenvalue weighted by atomic mass is 10.2. The maximum atomic E-state index is 13.4. The first kappa shape index (κ1) is 13.0. The first-order chi connectivity index (χ1) is 9.11. The van der Waals surface area contributed by atoms with Crippen molar-refractivity contribution < 1.29 is 14.2 Å². The van der Waals surface area contributed by atoms with Gasteiger partial charge in [0, 0.05) is 12.3 Å². The number of aromatic nitrogens is 1. The van der Waals surface area contributed by atoms with Crippen LogP contribution < -0.4 is 4.74 Å². The van der Waals surface area contributed by atoms with E-state index in [1.54, 1.807) is 19.1 Å². The van der Waals surface area contributed by atoms with Crippen LogP contribution in [-0.2, 0) is 0 Å². The average molecular weight is 258 g/mol. The molecule has 0 fully saturated rings. The molecule has 0 radical (unpaired) electrons. The molecule has 1 N–H and O–H groups in total. The highest BCUT2D eigenvalue weighted by atomic mass is 19.1. The van der Waals surface area contributed by atoms with Crippen molar-refractivity contribution in [3.8, 4) is 17.7 Å². The molecule has 19 heavy (non-hydrogen) atoms. The van der Waals surface area contributed by atoms with E-state index >= 15 is 0 Å². The first-order valence-corrected chi connectivity index (χ1v) is 5.62. The SMILES string of the molecule is CC(O)c1ccnc(Oc2cccc(F)c2C#N)c1. The zero-order valence-corrected chi connectivity index (χ0v) is 10.2. The summed E-state index contributed by atoms with van der Waals surface area (Å²) >= 11 is 0. The van der Waals surface area contributed by atoms with Crippen LogP contribution in [0.2, 0.25) is 0 Å². The van der Waals surface area contributed by atoms with E-state index in [0.29, 0.717) is 5.56 Å². The van der Waals surface area contributed by atoms with Gasteiger partial charge in [0.15, 0.2) is 0 Å². The molecule has 0 aliphatic heterocycles. The molecule has 0 spiro atoms. The number of nitriles is 1. The van der Waals surface area contributed by atoms with E-state index in [1.165, 1.54) is 30.5 Å². The second-order valence-corrected chi connectivity index (χ2v) is 3.93. The Morgan fingerprint density at radius 3 is 2.89 bits per heavy atom. The van der Waals surface area contributed by atoms with Gasteiger partial charge in [-0.05, 0) is 30.7 Å². The van der Waals surface area contributed by atoms with Gasteiger partial charge in [-0.15, -0.1) is 0 Å². The van der Waals surface area contributed by atoms with Crippen molar-refractivity contribution in [2.24, 2.45) is 0 Å². The number of pyridine rings is 1. The molecular weight excluding hydrogens is 247 g/mol. The van der Waals surface area contributed by atoms with Crippen molar-refractivity contribution in [1.82, 2.24) is 4.98 Å². The lowest BCUT2D eigenvalue weighted by Crippen LogP contribution is -1.96. The Morgan fingerprint density at radius 1 is 1.42 bits per heavy atom. The van der Waals surface area contributed by atoms with Gasteiger partial charge in [0.25, 0.3) is 0 Å². The summed E-state index contributed by atoms with van der Waals surface area (Å²) in [7, 11) is 0. The number of nitrogens with zero attached hydrogens (tertiary/aromatic N) is 2. The van der Waals surface area contributed by atoms with Crippen LogP contribution in [0.4, 0.5) is 4.39 Å². The van der Waals surface area contributed by atoms with Crippen LogP contribution in [0.15, 0.2) is 36.5 Å². The van der Waals surface area contributed by atoms with E-state index in [9.17, 15) is 9.50 Å². The van der Waals surface area contributed by atoms with Crippen LogP contribution in [0.3, 0.4) is 0 Å². The largest absolute Gasteiger partial charge is 0.438 e. The summed E-state index contributed by atoms with van der Waals surface area (Å²) in [6.07, 6.45) is 0.816. The summed E-state index contributed by atoms with van der Waals surface area (Å²) in [5.74, 6) is -0.357. The molecular formula is C14H11FN2O2. The molecule has 1 heterocycles. The van der Waals surface area contributed by atoms with Gasteiger partial charge >= 0.3 is 0 Å². The predicted octanol–water partition coefficient (Wildman–Crippen LogP) is 2.94. The molecule has 0 amide bonds. The van der Waals surface area contributed by atoms with Gasteiger partial charge in [-0.1, -0.05) is 6.07 Å². The highest BCUT2D eigenvalue weighted by Crippen LogP contribution is 2.26. The number of benzene rings is 1. The van der Waals surface area contributed by atoms with Gasteiger partial charge in [-0.3, -0.25) is 0 Å². The second kappa shape index (κ2) is 5.46. The van der Waals surface area contributed by atoms with Crippen molar-refractivity contribution >= 4 is 0 Å². The fourth-order valence-corrected chi connectivity index (χ4v) is 1.55. The first-order valence-electron chi connectivity index (χ1n) is 5.62. The third-order valence-electron chi connectivity index (χ3n) is 2.54. The zero-order valence-electron chi connectivity index (χ0n) is 10.2. The summed E-state index contributed by atoms with van der Waals surface area (Å²) in [6.45, 7) is 1.61. The van der Waals surface area contributed by atoms with Crippen molar-refractivity contribution in [2.75, 3.05) is 0 Å². The monoisotopic (exact) mass is 258 g/mol. The highest BCUT2D eigenvalue weighted by Gasteiger charge is 2.11. The van der Waals surface area contributed by atoms with E-state index in [0.717, 1.165) is 0 Å². The maximum absolute atomic E-state index is 13.4. The Bertz CT molecular complexity index is 636. The maximum Gasteiger partial charge on any atom is 0.219 e. The summed E-state index contributed by atoms with van der Waals surface area (Å²) in [4.78, 5) is 3.96. The fraction of sp³-hybridized carbons (Fsp3) is 0.143. The van der Waals surface area contributed by atoms with Crippen molar-refractivity contribution in [3.63, 3.8) is 0 Å². The third kappa shape index (κ3) is 2.87. The van der Waals surface area contributed by atoms with Gasteiger partial charge in [-0.25, -0.2) is 9.37 Å². The quantitative estimate of drug-likeness (QED) is 0.919. The van der Waals surface area contributed by atoms with E-state index < -0.39 is 11.9 Å². The number of ether oxygens (including phenoxy) is 1. The topological polar surface area (TPSA) is 66.1 Å². The van der Waals surface area contributed by atoms with E-state index in [2.05, 4.69) is 4.98 Å². The standard InChI is InChI=1S/C14H11FN2O2/c1-9(18)10-5-6-17-14(7-10)19-13-4-2-3-12(15)11(13)8-16/h2-7,9,18H,1H3. The van der Waals surface area contributed by atoms with E-state index in [-0.39, 0.29) is 17.2 Å². The average Bonchev–Trinajstić information content (AvgIpc) is 2.39. The fourth-order valence-electron chi connectivity index (χ4n) is 1.55. The molecule has 2 rings (SSSR count). The Hall–Kier alpha value is -2.45. The van der Waals surface area contributed by atoms with Crippen LogP contribution in [0.25, 0.3) is 0 Å². The van der Waals surface area contributed by atoms with E-state index in [4.69, 9.17) is 10.00 Å². The van der Waals surface area contributed by atoms with Gasteiger partial charge < -0.3 is 9.84 Å². The molecule has 4 nitrogen and oxygen atoms in total. The Labute approximate surface area is 109 Å². The van der Waals surface area contributed by atoms with Crippen LogP contribution >= 0.6 is 0 Å². The molecule has 1 aromatic carbocycles. The second-order valence-electron chi connectivity index (χ2n) is 3.93. The molecule has 96 valence electrons. The number of rotatable bonds is 3. The minimum atomic E-state index is -0.659. The molecule has 5 heteroatoms. The molecule has 0 saturated heterocycles. The number of aliphatic hydroxyl groups excluding tert-OH is 1. The van der Waals surface area contributed by atoms with Crippen molar-refractivity contribution in [3.05, 3.63) is 53.5 Å². The van der Waals surface area contributed by atoms with Gasteiger partial charge in [0.2, 0.25) is 5.88 Å². The minimum Gasteiger partial charge on any atom is -0.438 e. The molecule has 1 unspecified atom stereocenters. The Balaban J connectivity index is 2.34.